The van der Waals surface area contributed by atoms with Crippen LogP contribution in [-0.4, -0.2) is 37.0 Å². The number of benzene rings is 1. The third kappa shape index (κ3) is 3.09. The van der Waals surface area contributed by atoms with Crippen LogP contribution in [0.1, 0.15) is 22.7 Å². The Morgan fingerprint density at radius 3 is 2.67 bits per heavy atom. The summed E-state index contributed by atoms with van der Waals surface area (Å²) >= 11 is 0. The van der Waals surface area contributed by atoms with Gasteiger partial charge in [-0.25, -0.2) is 0 Å². The first-order chi connectivity index (χ1) is 8.56. The van der Waals surface area contributed by atoms with Crippen LogP contribution in [0.3, 0.4) is 0 Å². The van der Waals surface area contributed by atoms with Crippen molar-refractivity contribution in [2.45, 2.75) is 19.9 Å². The number of piperazine rings is 1. The molecule has 1 aliphatic heterocycles. The zero-order chi connectivity index (χ0) is 13.1. The molecule has 3 N–H and O–H groups in total. The van der Waals surface area contributed by atoms with Crippen molar-refractivity contribution in [1.29, 1.82) is 0 Å². The van der Waals surface area contributed by atoms with E-state index in [1.807, 2.05) is 0 Å². The Morgan fingerprint density at radius 2 is 2.06 bits per heavy atom. The number of aryl methyl sites for hydroxylation is 2. The summed E-state index contributed by atoms with van der Waals surface area (Å²) < 4.78 is 0. The highest BCUT2D eigenvalue weighted by Crippen LogP contribution is 2.23. The Balaban J connectivity index is 2.24. The highest BCUT2D eigenvalue weighted by atomic mass is 16.1. The van der Waals surface area contributed by atoms with E-state index < -0.39 is 0 Å². The maximum atomic E-state index is 11.1. The van der Waals surface area contributed by atoms with Crippen LogP contribution in [0.5, 0.6) is 0 Å². The van der Waals surface area contributed by atoms with Gasteiger partial charge in [-0.1, -0.05) is 29.3 Å². The standard InChI is InChI=1S/C14H21N3O/c1-10-5-11(2)7-12(6-10)13-8-16-3-4-17(13)9-14(15)18/h5-7,13,16H,3-4,8-9H2,1-2H3,(H2,15,18). The molecule has 1 fully saturated rings. The van der Waals surface area contributed by atoms with E-state index in [2.05, 4.69) is 42.3 Å². The molecule has 1 unspecified atom stereocenters. The minimum Gasteiger partial charge on any atom is -0.369 e. The zero-order valence-electron chi connectivity index (χ0n) is 11.1. The van der Waals surface area contributed by atoms with E-state index in [1.54, 1.807) is 0 Å². The van der Waals surface area contributed by atoms with Crippen molar-refractivity contribution in [3.8, 4) is 0 Å². The SMILES string of the molecule is Cc1cc(C)cc(C2CNCCN2CC(N)=O)c1. The lowest BCUT2D eigenvalue weighted by Crippen LogP contribution is -2.48. The molecule has 1 saturated heterocycles. The number of nitrogens with one attached hydrogen (secondary N) is 1. The van der Waals surface area contributed by atoms with Crippen LogP contribution in [0.4, 0.5) is 0 Å². The Morgan fingerprint density at radius 1 is 1.39 bits per heavy atom. The van der Waals surface area contributed by atoms with Gasteiger partial charge in [0.2, 0.25) is 5.91 Å². The van der Waals surface area contributed by atoms with Crippen LogP contribution in [0.2, 0.25) is 0 Å². The van der Waals surface area contributed by atoms with Gasteiger partial charge in [0.25, 0.3) is 0 Å². The maximum absolute atomic E-state index is 11.1. The van der Waals surface area contributed by atoms with Crippen LogP contribution in [0, 0.1) is 13.8 Å². The molecule has 4 heteroatoms. The molecule has 0 spiro atoms. The van der Waals surface area contributed by atoms with E-state index in [9.17, 15) is 4.79 Å². The van der Waals surface area contributed by atoms with Crippen molar-refractivity contribution >= 4 is 5.91 Å². The zero-order valence-corrected chi connectivity index (χ0v) is 11.1. The quantitative estimate of drug-likeness (QED) is 0.828. The van der Waals surface area contributed by atoms with Gasteiger partial charge in [0.15, 0.2) is 0 Å². The second kappa shape index (κ2) is 5.50. The molecule has 1 aromatic carbocycles. The van der Waals surface area contributed by atoms with E-state index in [1.165, 1.54) is 16.7 Å². The number of amides is 1. The predicted molar refractivity (Wildman–Crippen MR) is 72.3 cm³/mol. The monoisotopic (exact) mass is 247 g/mol. The van der Waals surface area contributed by atoms with Crippen molar-refractivity contribution < 1.29 is 4.79 Å². The van der Waals surface area contributed by atoms with E-state index in [-0.39, 0.29) is 11.9 Å². The molecule has 0 aliphatic carbocycles. The summed E-state index contributed by atoms with van der Waals surface area (Å²) in [5, 5.41) is 3.38. The number of nitrogens with zero attached hydrogens (tertiary/aromatic N) is 1. The average Bonchev–Trinajstić information content (AvgIpc) is 2.27. The molecule has 18 heavy (non-hydrogen) atoms. The van der Waals surface area contributed by atoms with E-state index in [4.69, 9.17) is 5.73 Å². The largest absolute Gasteiger partial charge is 0.369 e. The summed E-state index contributed by atoms with van der Waals surface area (Å²) in [4.78, 5) is 13.3. The lowest BCUT2D eigenvalue weighted by molar-refractivity contribution is -0.119. The van der Waals surface area contributed by atoms with Crippen molar-refractivity contribution in [2.75, 3.05) is 26.2 Å². The van der Waals surface area contributed by atoms with E-state index in [0.717, 1.165) is 19.6 Å². The van der Waals surface area contributed by atoms with Gasteiger partial charge in [0.05, 0.1) is 6.54 Å². The minimum atomic E-state index is -0.258. The van der Waals surface area contributed by atoms with Crippen molar-refractivity contribution in [3.05, 3.63) is 34.9 Å². The molecule has 1 amide bonds. The number of carbonyl (C=O) groups excluding carboxylic acids is 1. The van der Waals surface area contributed by atoms with Crippen molar-refractivity contribution in [1.82, 2.24) is 10.2 Å². The third-order valence-corrected chi connectivity index (χ3v) is 3.34. The molecule has 1 atom stereocenters. The van der Waals surface area contributed by atoms with Crippen LogP contribution in [-0.2, 0) is 4.79 Å². The Kier molecular flexibility index (Phi) is 3.99. The van der Waals surface area contributed by atoms with Crippen molar-refractivity contribution in [3.63, 3.8) is 0 Å². The van der Waals surface area contributed by atoms with Crippen LogP contribution >= 0.6 is 0 Å². The second-order valence-corrected chi connectivity index (χ2v) is 5.08. The van der Waals surface area contributed by atoms with Gasteiger partial charge in [-0.2, -0.15) is 0 Å². The number of rotatable bonds is 3. The van der Waals surface area contributed by atoms with Gasteiger partial charge >= 0.3 is 0 Å². The lowest BCUT2D eigenvalue weighted by atomic mass is 9.99. The van der Waals surface area contributed by atoms with Crippen LogP contribution < -0.4 is 11.1 Å². The molecular formula is C14H21N3O. The molecule has 98 valence electrons. The van der Waals surface area contributed by atoms with E-state index >= 15 is 0 Å². The summed E-state index contributed by atoms with van der Waals surface area (Å²) in [6.07, 6.45) is 0. The van der Waals surface area contributed by atoms with Gasteiger partial charge < -0.3 is 11.1 Å². The first-order valence-electron chi connectivity index (χ1n) is 6.37. The maximum Gasteiger partial charge on any atom is 0.231 e. The van der Waals surface area contributed by atoms with E-state index in [0.29, 0.717) is 6.54 Å². The summed E-state index contributed by atoms with van der Waals surface area (Å²) in [6, 6.07) is 6.79. The first kappa shape index (κ1) is 13.1. The first-order valence-corrected chi connectivity index (χ1v) is 6.37. The molecule has 1 aliphatic rings. The number of hydrogen-bond acceptors (Lipinski definition) is 3. The molecular weight excluding hydrogens is 226 g/mol. The fourth-order valence-electron chi connectivity index (χ4n) is 2.67. The molecule has 1 aromatic rings. The van der Waals surface area contributed by atoms with Crippen LogP contribution in [0.25, 0.3) is 0 Å². The molecule has 0 radical (unpaired) electrons. The third-order valence-electron chi connectivity index (χ3n) is 3.34. The highest BCUT2D eigenvalue weighted by Gasteiger charge is 2.24. The topological polar surface area (TPSA) is 58.4 Å². The number of carbonyl (C=O) groups is 1. The minimum absolute atomic E-state index is 0.241. The molecule has 1 heterocycles. The van der Waals surface area contributed by atoms with Gasteiger partial charge in [-0.15, -0.1) is 0 Å². The van der Waals surface area contributed by atoms with Gasteiger partial charge in [-0.3, -0.25) is 9.69 Å². The Bertz CT molecular complexity index is 424. The number of nitrogens with two attached hydrogens (primary N) is 1. The fourth-order valence-corrected chi connectivity index (χ4v) is 2.67. The van der Waals surface area contributed by atoms with Gasteiger partial charge in [0, 0.05) is 25.7 Å². The Hall–Kier alpha value is -1.39. The fraction of sp³-hybridized carbons (Fsp3) is 0.500. The summed E-state index contributed by atoms with van der Waals surface area (Å²) in [5.41, 5.74) is 9.10. The molecule has 0 bridgehead atoms. The molecule has 4 nitrogen and oxygen atoms in total. The molecule has 0 aromatic heterocycles. The number of hydrogen-bond donors (Lipinski definition) is 2. The molecule has 0 saturated carbocycles. The van der Waals surface area contributed by atoms with Gasteiger partial charge in [-0.05, 0) is 19.4 Å². The number of primary amides is 1. The summed E-state index contributed by atoms with van der Waals surface area (Å²) in [7, 11) is 0. The molecule has 2 rings (SSSR count). The smallest absolute Gasteiger partial charge is 0.231 e. The normalized spacial score (nSPS) is 20.9. The Labute approximate surface area is 108 Å². The van der Waals surface area contributed by atoms with Gasteiger partial charge in [0.1, 0.15) is 0 Å². The predicted octanol–water partition coefficient (Wildman–Crippen LogP) is 0.735. The lowest BCUT2D eigenvalue weighted by Gasteiger charge is -2.35. The summed E-state index contributed by atoms with van der Waals surface area (Å²) in [6.45, 7) is 7.18. The van der Waals surface area contributed by atoms with Crippen LogP contribution in [0.15, 0.2) is 18.2 Å². The highest BCUT2D eigenvalue weighted by molar-refractivity contribution is 5.76. The second-order valence-electron chi connectivity index (χ2n) is 5.08. The van der Waals surface area contributed by atoms with Crippen molar-refractivity contribution in [2.24, 2.45) is 5.73 Å². The summed E-state index contributed by atoms with van der Waals surface area (Å²) in [5.74, 6) is -0.258. The average molecular weight is 247 g/mol.